The highest BCUT2D eigenvalue weighted by Gasteiger charge is 2.21. The average molecular weight is 390 g/mol. The van der Waals surface area contributed by atoms with Crippen LogP contribution in [0.2, 0.25) is 5.02 Å². The van der Waals surface area contributed by atoms with Crippen LogP contribution in [0.4, 0.5) is 5.69 Å². The van der Waals surface area contributed by atoms with Gasteiger partial charge in [0.1, 0.15) is 0 Å². The minimum absolute atomic E-state index is 0.130. The fraction of sp³-hybridized carbons (Fsp3) is 0.211. The van der Waals surface area contributed by atoms with E-state index in [0.717, 1.165) is 16.8 Å². The molecule has 7 heteroatoms. The van der Waals surface area contributed by atoms with Crippen molar-refractivity contribution in [1.82, 2.24) is 4.72 Å². The van der Waals surface area contributed by atoms with Crippen LogP contribution in [-0.4, -0.2) is 14.5 Å². The van der Waals surface area contributed by atoms with Crippen molar-refractivity contribution in [3.05, 3.63) is 76.0 Å². The van der Waals surface area contributed by atoms with Gasteiger partial charge in [-0.3, -0.25) is 9.00 Å². The summed E-state index contributed by atoms with van der Waals surface area (Å²) >= 11 is 3.87. The van der Waals surface area contributed by atoms with Gasteiger partial charge >= 0.3 is 0 Å². The Morgan fingerprint density at radius 2 is 1.85 bits per heavy atom. The zero-order valence-corrected chi connectivity index (χ0v) is 15.7. The van der Waals surface area contributed by atoms with Crippen LogP contribution < -0.4 is 10.0 Å². The van der Waals surface area contributed by atoms with Gasteiger partial charge in [0.15, 0.2) is 5.78 Å². The van der Waals surface area contributed by atoms with E-state index >= 15 is 0 Å². The fourth-order valence-corrected chi connectivity index (χ4v) is 3.62. The number of allylic oxidation sites excluding steroid dienone is 2. The number of hydrogen-bond donors (Lipinski definition) is 2. The standard InChI is InChI=1S/C19H19ClN2O3S/c1-12-16(9-10-18(12)23)21-17-11-14(7-8-15(17)20)19(22-26(24)25)13-5-3-2-4-6-13/h2-8,11,19,21-22H,9-10H2,1H3,(H,24,25)/p-1. The normalized spacial score (nSPS) is 16.7. The summed E-state index contributed by atoms with van der Waals surface area (Å²) in [6, 6.07) is 14.1. The Morgan fingerprint density at radius 3 is 2.46 bits per heavy atom. The summed E-state index contributed by atoms with van der Waals surface area (Å²) in [7, 11) is 0. The van der Waals surface area contributed by atoms with Gasteiger partial charge in [-0.2, -0.15) is 0 Å². The summed E-state index contributed by atoms with van der Waals surface area (Å²) in [6.07, 6.45) is 1.14. The van der Waals surface area contributed by atoms with Gasteiger partial charge in [0.05, 0.1) is 16.8 Å². The molecule has 136 valence electrons. The Balaban J connectivity index is 1.96. The average Bonchev–Trinajstić information content (AvgIpc) is 2.94. The van der Waals surface area contributed by atoms with Crippen LogP contribution in [0.15, 0.2) is 59.8 Å². The van der Waals surface area contributed by atoms with E-state index in [1.807, 2.05) is 36.4 Å². The second-order valence-corrected chi connectivity index (χ2v) is 7.20. The predicted molar refractivity (Wildman–Crippen MR) is 102 cm³/mol. The molecule has 1 aliphatic rings. The largest absolute Gasteiger partial charge is 0.760 e. The molecule has 5 nitrogen and oxygen atoms in total. The molecule has 0 radical (unpaired) electrons. The Labute approximate surface area is 159 Å². The molecular formula is C19H18ClN2O3S-. The Bertz CT molecular complexity index is 884. The summed E-state index contributed by atoms with van der Waals surface area (Å²) in [5.41, 5.74) is 3.77. The lowest BCUT2D eigenvalue weighted by atomic mass is 9.99. The van der Waals surface area contributed by atoms with Crippen molar-refractivity contribution >= 4 is 34.3 Å². The molecule has 3 rings (SSSR count). The van der Waals surface area contributed by atoms with Gasteiger partial charge in [0, 0.05) is 29.0 Å². The molecule has 2 aromatic rings. The van der Waals surface area contributed by atoms with E-state index in [9.17, 15) is 13.6 Å². The Kier molecular flexibility index (Phi) is 5.88. The molecule has 0 fully saturated rings. The molecule has 0 aromatic heterocycles. The first-order valence-electron chi connectivity index (χ1n) is 8.15. The maximum absolute atomic E-state index is 11.7. The maximum atomic E-state index is 11.7. The van der Waals surface area contributed by atoms with Gasteiger partial charge in [-0.1, -0.05) is 48.0 Å². The number of ketones is 1. The van der Waals surface area contributed by atoms with Gasteiger partial charge in [-0.15, -0.1) is 0 Å². The van der Waals surface area contributed by atoms with Crippen molar-refractivity contribution in [2.75, 3.05) is 5.32 Å². The van der Waals surface area contributed by atoms with E-state index in [0.29, 0.717) is 29.1 Å². The SMILES string of the molecule is CC1=C(Nc2cc(C(NS(=O)[O-])c3ccccc3)ccc2Cl)CCC1=O. The van der Waals surface area contributed by atoms with Crippen LogP contribution in [0.5, 0.6) is 0 Å². The number of carbonyl (C=O) groups excluding carboxylic acids is 1. The van der Waals surface area contributed by atoms with Crippen LogP contribution in [0.1, 0.15) is 36.9 Å². The molecule has 2 N–H and O–H groups in total. The van der Waals surface area contributed by atoms with E-state index in [4.69, 9.17) is 11.6 Å². The number of rotatable bonds is 6. The Morgan fingerprint density at radius 1 is 1.12 bits per heavy atom. The second kappa shape index (κ2) is 8.14. The minimum atomic E-state index is -2.43. The fourth-order valence-electron chi connectivity index (χ4n) is 2.99. The summed E-state index contributed by atoms with van der Waals surface area (Å²) < 4.78 is 25.1. The van der Waals surface area contributed by atoms with Gasteiger partial charge in [-0.25, -0.2) is 4.72 Å². The number of halogens is 1. The molecule has 0 amide bonds. The lowest BCUT2D eigenvalue weighted by Gasteiger charge is -2.22. The third-order valence-electron chi connectivity index (χ3n) is 4.43. The second-order valence-electron chi connectivity index (χ2n) is 6.09. The van der Waals surface area contributed by atoms with Crippen LogP contribution in [-0.2, 0) is 16.1 Å². The highest BCUT2D eigenvalue weighted by molar-refractivity contribution is 7.77. The minimum Gasteiger partial charge on any atom is -0.760 e. The molecule has 2 atom stereocenters. The number of Topliss-reactive ketones (excluding diaryl/α,β-unsaturated/α-hetero) is 1. The lowest BCUT2D eigenvalue weighted by Crippen LogP contribution is -2.24. The topological polar surface area (TPSA) is 81.3 Å². The number of anilines is 1. The Hall–Kier alpha value is -1.99. The molecule has 0 spiro atoms. The van der Waals surface area contributed by atoms with Crippen molar-refractivity contribution in [2.24, 2.45) is 0 Å². The number of hydrogen-bond acceptors (Lipinski definition) is 4. The first kappa shape index (κ1) is 18.8. The molecule has 0 bridgehead atoms. The third kappa shape index (κ3) is 4.22. The molecule has 26 heavy (non-hydrogen) atoms. The molecule has 0 aliphatic heterocycles. The van der Waals surface area contributed by atoms with Crippen molar-refractivity contribution in [3.63, 3.8) is 0 Å². The first-order chi connectivity index (χ1) is 12.5. The van der Waals surface area contributed by atoms with Crippen LogP contribution in [0.25, 0.3) is 0 Å². The summed E-state index contributed by atoms with van der Waals surface area (Å²) in [6.45, 7) is 1.80. The van der Waals surface area contributed by atoms with Gasteiger partial charge in [-0.05, 0) is 36.6 Å². The molecule has 2 aromatic carbocycles. The maximum Gasteiger partial charge on any atom is 0.160 e. The van der Waals surface area contributed by atoms with E-state index in [-0.39, 0.29) is 5.78 Å². The lowest BCUT2D eigenvalue weighted by molar-refractivity contribution is -0.114. The molecular weight excluding hydrogens is 372 g/mol. The van der Waals surface area contributed by atoms with Crippen molar-refractivity contribution in [3.8, 4) is 0 Å². The van der Waals surface area contributed by atoms with Crippen LogP contribution >= 0.6 is 11.6 Å². The molecule has 2 unspecified atom stereocenters. The van der Waals surface area contributed by atoms with E-state index in [1.165, 1.54) is 0 Å². The number of nitrogens with one attached hydrogen (secondary N) is 2. The van der Waals surface area contributed by atoms with Crippen molar-refractivity contribution < 1.29 is 13.6 Å². The highest BCUT2D eigenvalue weighted by atomic mass is 35.5. The molecule has 0 heterocycles. The summed E-state index contributed by atoms with van der Waals surface area (Å²) in [5, 5.41) is 3.74. The monoisotopic (exact) mass is 389 g/mol. The van der Waals surface area contributed by atoms with Crippen LogP contribution in [0, 0.1) is 0 Å². The van der Waals surface area contributed by atoms with E-state index in [1.54, 1.807) is 19.1 Å². The summed E-state index contributed by atoms with van der Waals surface area (Å²) in [4.78, 5) is 11.7. The number of benzene rings is 2. The third-order valence-corrected chi connectivity index (χ3v) is 5.19. The zero-order chi connectivity index (χ0) is 18.7. The summed E-state index contributed by atoms with van der Waals surface area (Å²) in [5.74, 6) is 0.130. The first-order valence-corrected chi connectivity index (χ1v) is 9.61. The van der Waals surface area contributed by atoms with E-state index in [2.05, 4.69) is 10.0 Å². The predicted octanol–water partition coefficient (Wildman–Crippen LogP) is 3.86. The molecule has 1 aliphatic carbocycles. The zero-order valence-electron chi connectivity index (χ0n) is 14.1. The highest BCUT2D eigenvalue weighted by Crippen LogP contribution is 2.32. The van der Waals surface area contributed by atoms with Crippen molar-refractivity contribution in [1.29, 1.82) is 0 Å². The van der Waals surface area contributed by atoms with Crippen LogP contribution in [0.3, 0.4) is 0 Å². The van der Waals surface area contributed by atoms with E-state index < -0.39 is 17.3 Å². The van der Waals surface area contributed by atoms with Crippen molar-refractivity contribution in [2.45, 2.75) is 25.8 Å². The smallest absolute Gasteiger partial charge is 0.160 e. The molecule has 0 saturated heterocycles. The van der Waals surface area contributed by atoms with Gasteiger partial charge in [0.2, 0.25) is 0 Å². The van der Waals surface area contributed by atoms with Gasteiger partial charge < -0.3 is 9.87 Å². The van der Waals surface area contributed by atoms with Gasteiger partial charge in [0.25, 0.3) is 0 Å². The quantitative estimate of drug-likeness (QED) is 0.735. The molecule has 0 saturated carbocycles. The number of carbonyl (C=O) groups is 1.